The molecule has 0 aliphatic heterocycles. The first kappa shape index (κ1) is 34.3. The highest BCUT2D eigenvalue weighted by molar-refractivity contribution is 7.42. The molecule has 2 aliphatic carbocycles. The van der Waals surface area contributed by atoms with Crippen LogP contribution < -0.4 is 18.5 Å². The molecular weight excluding hydrogens is 619 g/mol. The quantitative estimate of drug-likeness (QED) is 0.104. The molecule has 0 bridgehead atoms. The number of aryl methyl sites for hydroxylation is 4. The number of hydrogen-bond acceptors (Lipinski definition) is 6. The highest BCUT2D eigenvalue weighted by Crippen LogP contribution is 2.50. The molecule has 48 heavy (non-hydrogen) atoms. The van der Waals surface area contributed by atoms with Gasteiger partial charge in [0.05, 0.1) is 12.2 Å². The molecule has 2 fully saturated rings. The largest absolute Gasteiger partial charge is 0.463 e. The van der Waals surface area contributed by atoms with Crippen molar-refractivity contribution < 1.29 is 27.8 Å². The second-order valence-electron chi connectivity index (χ2n) is 13.2. The van der Waals surface area contributed by atoms with E-state index in [-0.39, 0.29) is 12.2 Å². The van der Waals surface area contributed by atoms with Crippen molar-refractivity contribution in [1.82, 2.24) is 0 Å². The third kappa shape index (κ3) is 8.91. The van der Waals surface area contributed by atoms with E-state index in [2.05, 4.69) is 26.0 Å². The van der Waals surface area contributed by atoms with E-state index in [1.54, 1.807) is 0 Å². The number of hydrogen-bond donors (Lipinski definition) is 0. The van der Waals surface area contributed by atoms with Crippen LogP contribution in [0.25, 0.3) is 0 Å². The summed E-state index contributed by atoms with van der Waals surface area (Å²) in [5, 5.41) is 0. The zero-order chi connectivity index (χ0) is 33.3. The van der Waals surface area contributed by atoms with Gasteiger partial charge in [0.15, 0.2) is 0 Å². The lowest BCUT2D eigenvalue weighted by molar-refractivity contribution is -0.244. The molecule has 4 aromatic carbocycles. The molecule has 254 valence electrons. The SMILES string of the molecule is Cc1ccccc1OC(Oc1ccccc1C)OC1CCCCC1C1CCCCC1OP(Oc1ccccc1C)Oc1ccccc1C. The molecule has 4 atom stereocenters. The maximum absolute atomic E-state index is 6.95. The summed E-state index contributed by atoms with van der Waals surface area (Å²) >= 11 is 0. The van der Waals surface area contributed by atoms with Crippen molar-refractivity contribution >= 4 is 8.60 Å². The molecule has 0 heterocycles. The van der Waals surface area contributed by atoms with Crippen LogP contribution in [0, 0.1) is 39.5 Å². The summed E-state index contributed by atoms with van der Waals surface area (Å²) in [5.74, 6) is 3.68. The molecule has 0 radical (unpaired) electrons. The molecule has 7 heteroatoms. The summed E-state index contributed by atoms with van der Waals surface area (Å²) < 4.78 is 39.9. The Balaban J connectivity index is 1.24. The fraction of sp³-hybridized carbons (Fsp3) is 0.415. The number of rotatable bonds is 13. The van der Waals surface area contributed by atoms with Gasteiger partial charge < -0.3 is 23.3 Å². The van der Waals surface area contributed by atoms with Crippen LogP contribution >= 0.6 is 8.60 Å². The van der Waals surface area contributed by atoms with Gasteiger partial charge in [-0.15, -0.1) is 0 Å². The first-order valence-electron chi connectivity index (χ1n) is 17.5. The lowest BCUT2D eigenvalue weighted by atomic mass is 9.70. The molecule has 2 aliphatic rings. The van der Waals surface area contributed by atoms with Gasteiger partial charge >= 0.3 is 15.1 Å². The Hall–Kier alpha value is -3.57. The van der Waals surface area contributed by atoms with Crippen molar-refractivity contribution in [2.75, 3.05) is 0 Å². The lowest BCUT2D eigenvalue weighted by Gasteiger charge is -2.43. The summed E-state index contributed by atoms with van der Waals surface area (Å²) in [6, 6.07) is 32.1. The van der Waals surface area contributed by atoms with Crippen LogP contribution in [0.1, 0.15) is 73.6 Å². The van der Waals surface area contributed by atoms with Crippen LogP contribution in [-0.2, 0) is 9.26 Å². The Bertz CT molecular complexity index is 1400. The summed E-state index contributed by atoms with van der Waals surface area (Å²) in [6.07, 6.45) is 8.59. The van der Waals surface area contributed by atoms with E-state index in [1.807, 2.05) is 98.8 Å². The monoisotopic (exact) mass is 668 g/mol. The van der Waals surface area contributed by atoms with Crippen LogP contribution in [0.5, 0.6) is 23.0 Å². The zero-order valence-electron chi connectivity index (χ0n) is 28.7. The van der Waals surface area contributed by atoms with Crippen molar-refractivity contribution in [1.29, 1.82) is 0 Å². The first-order chi connectivity index (χ1) is 23.4. The topological polar surface area (TPSA) is 55.4 Å². The highest BCUT2D eigenvalue weighted by Gasteiger charge is 2.42. The van der Waals surface area contributed by atoms with Gasteiger partial charge in [-0.25, -0.2) is 0 Å². The van der Waals surface area contributed by atoms with Crippen LogP contribution in [0.15, 0.2) is 97.1 Å². The smallest absolute Gasteiger partial charge is 0.432 e. The Morgan fingerprint density at radius 1 is 0.479 bits per heavy atom. The fourth-order valence-electron chi connectivity index (χ4n) is 6.99. The second-order valence-corrected chi connectivity index (χ2v) is 14.2. The Kier molecular flexibility index (Phi) is 11.9. The third-order valence-electron chi connectivity index (χ3n) is 9.73. The Labute approximate surface area is 287 Å². The first-order valence-corrected chi connectivity index (χ1v) is 18.6. The van der Waals surface area contributed by atoms with E-state index < -0.39 is 15.1 Å². The van der Waals surface area contributed by atoms with E-state index in [1.165, 1.54) is 12.8 Å². The minimum Gasteiger partial charge on any atom is -0.432 e. The minimum atomic E-state index is -1.71. The van der Waals surface area contributed by atoms with Gasteiger partial charge in [0.2, 0.25) is 0 Å². The highest BCUT2D eigenvalue weighted by atomic mass is 31.2. The lowest BCUT2D eigenvalue weighted by Crippen LogP contribution is -2.44. The molecule has 6 nitrogen and oxygen atoms in total. The molecule has 0 aromatic heterocycles. The van der Waals surface area contributed by atoms with Crippen molar-refractivity contribution in [2.45, 2.75) is 97.7 Å². The third-order valence-corrected chi connectivity index (χ3v) is 10.9. The normalized spacial score (nSPS) is 21.2. The average Bonchev–Trinajstić information content (AvgIpc) is 3.09. The van der Waals surface area contributed by atoms with Crippen LogP contribution in [0.4, 0.5) is 0 Å². The minimum absolute atomic E-state index is 0.0138. The second kappa shape index (κ2) is 16.7. The molecule has 0 saturated heterocycles. The summed E-state index contributed by atoms with van der Waals surface area (Å²) in [7, 11) is -1.71. The van der Waals surface area contributed by atoms with Crippen molar-refractivity contribution in [3.05, 3.63) is 119 Å². The van der Waals surface area contributed by atoms with Gasteiger partial charge in [-0.3, -0.25) is 4.52 Å². The number of para-hydroxylation sites is 4. The molecule has 4 aromatic rings. The van der Waals surface area contributed by atoms with Crippen molar-refractivity contribution in [3.63, 3.8) is 0 Å². The summed E-state index contributed by atoms with van der Waals surface area (Å²) in [5.41, 5.74) is 4.18. The fourth-order valence-corrected chi connectivity index (χ4v) is 8.33. The van der Waals surface area contributed by atoms with Crippen LogP contribution in [0.3, 0.4) is 0 Å². The van der Waals surface area contributed by atoms with E-state index >= 15 is 0 Å². The van der Waals surface area contributed by atoms with Gasteiger partial charge in [0.1, 0.15) is 23.0 Å². The van der Waals surface area contributed by atoms with Gasteiger partial charge in [-0.2, -0.15) is 0 Å². The van der Waals surface area contributed by atoms with Crippen LogP contribution in [-0.4, -0.2) is 18.7 Å². The molecule has 2 saturated carbocycles. The molecule has 0 N–H and O–H groups in total. The van der Waals surface area contributed by atoms with Gasteiger partial charge in [0, 0.05) is 0 Å². The van der Waals surface area contributed by atoms with Gasteiger partial charge in [0.25, 0.3) is 0 Å². The number of ether oxygens (including phenoxy) is 3. The molecule has 4 unspecified atom stereocenters. The maximum Gasteiger partial charge on any atom is 0.463 e. The van der Waals surface area contributed by atoms with E-state index in [0.717, 1.165) is 83.8 Å². The average molecular weight is 669 g/mol. The Morgan fingerprint density at radius 2 is 0.854 bits per heavy atom. The van der Waals surface area contributed by atoms with E-state index in [4.69, 9.17) is 27.8 Å². The summed E-state index contributed by atoms with van der Waals surface area (Å²) in [6.45, 7) is 7.32. The molecule has 0 amide bonds. The van der Waals surface area contributed by atoms with Gasteiger partial charge in [-0.05, 0) is 112 Å². The van der Waals surface area contributed by atoms with Crippen LogP contribution in [0.2, 0.25) is 0 Å². The maximum atomic E-state index is 6.95. The van der Waals surface area contributed by atoms with Crippen molar-refractivity contribution in [2.24, 2.45) is 11.8 Å². The van der Waals surface area contributed by atoms with Gasteiger partial charge in [-0.1, -0.05) is 98.5 Å². The standard InChI is InChI=1S/C41H49O6P/c1-29-17-5-11-23-35(29)42-41(43-36-24-12-6-18-30(36)2)44-39-27-15-9-21-33(39)34-22-10-16-28-40(34)47-48(45-37-25-13-7-19-31(37)3)46-38-26-14-8-20-32(38)4/h5-8,11-14,17-20,23-26,33-34,39-41H,9-10,15-16,21-22,27-28H2,1-4H3. The van der Waals surface area contributed by atoms with E-state index in [0.29, 0.717) is 11.8 Å². The Morgan fingerprint density at radius 3 is 1.31 bits per heavy atom. The van der Waals surface area contributed by atoms with E-state index in [9.17, 15) is 0 Å². The molecule has 6 rings (SSSR count). The molecule has 0 spiro atoms. The summed E-state index contributed by atoms with van der Waals surface area (Å²) in [4.78, 5) is 0. The van der Waals surface area contributed by atoms with Crippen molar-refractivity contribution in [3.8, 4) is 23.0 Å². The molecular formula is C41H49O6P. The zero-order valence-corrected chi connectivity index (χ0v) is 29.6. The predicted molar refractivity (Wildman–Crippen MR) is 192 cm³/mol. The predicted octanol–water partition coefficient (Wildman–Crippen LogP) is 11.2. The number of benzene rings is 4.